The Balaban J connectivity index is 1.78. The molecule has 0 saturated carbocycles. The Morgan fingerprint density at radius 3 is 2.68 bits per heavy atom. The lowest BCUT2D eigenvalue weighted by Gasteiger charge is -2.08. The number of nitrogens with zero attached hydrogens (tertiary/aromatic N) is 3. The maximum atomic E-state index is 12.2. The van der Waals surface area contributed by atoms with E-state index in [4.69, 9.17) is 5.26 Å². The number of rotatable bonds is 3. The van der Waals surface area contributed by atoms with Gasteiger partial charge < -0.3 is 9.88 Å². The summed E-state index contributed by atoms with van der Waals surface area (Å²) in [6.45, 7) is 2.08. The van der Waals surface area contributed by atoms with Crippen LogP contribution in [0.25, 0.3) is 11.0 Å². The van der Waals surface area contributed by atoms with Crippen molar-refractivity contribution in [2.24, 2.45) is 0 Å². The van der Waals surface area contributed by atoms with Crippen molar-refractivity contribution in [1.82, 2.24) is 9.55 Å². The van der Waals surface area contributed by atoms with Crippen LogP contribution in [0.5, 0.6) is 0 Å². The maximum Gasteiger partial charge on any atom is 0.244 e. The summed E-state index contributed by atoms with van der Waals surface area (Å²) in [5.74, 6) is 0.673. The number of benzene rings is 2. The molecule has 0 spiro atoms. The molecule has 3 rings (SSSR count). The first-order valence-corrected chi connectivity index (χ1v) is 6.89. The number of para-hydroxylation sites is 2. The highest BCUT2D eigenvalue weighted by Crippen LogP contribution is 2.16. The third-order valence-electron chi connectivity index (χ3n) is 3.44. The largest absolute Gasteiger partial charge is 0.325 e. The summed E-state index contributed by atoms with van der Waals surface area (Å²) in [5.41, 5.74) is 3.06. The summed E-state index contributed by atoms with van der Waals surface area (Å²) in [6.07, 6.45) is 0. The molecule has 1 heterocycles. The number of fused-ring (bicyclic) bond motifs is 1. The van der Waals surface area contributed by atoms with Crippen LogP contribution in [-0.4, -0.2) is 15.5 Å². The van der Waals surface area contributed by atoms with Crippen LogP contribution in [0.2, 0.25) is 0 Å². The fourth-order valence-electron chi connectivity index (χ4n) is 2.37. The molecule has 1 aromatic heterocycles. The normalized spacial score (nSPS) is 10.4. The van der Waals surface area contributed by atoms with Gasteiger partial charge in [0.2, 0.25) is 5.91 Å². The van der Waals surface area contributed by atoms with Crippen molar-refractivity contribution < 1.29 is 4.79 Å². The quantitative estimate of drug-likeness (QED) is 0.806. The number of aromatic nitrogens is 2. The predicted molar refractivity (Wildman–Crippen MR) is 84.3 cm³/mol. The smallest absolute Gasteiger partial charge is 0.244 e. The second-order valence-electron chi connectivity index (χ2n) is 4.97. The van der Waals surface area contributed by atoms with E-state index in [0.717, 1.165) is 16.9 Å². The van der Waals surface area contributed by atoms with Gasteiger partial charge in [-0.05, 0) is 43.3 Å². The second kappa shape index (κ2) is 5.70. The van der Waals surface area contributed by atoms with Gasteiger partial charge in [0.1, 0.15) is 12.4 Å². The van der Waals surface area contributed by atoms with Crippen LogP contribution in [0.15, 0.2) is 48.5 Å². The molecular formula is C17H14N4O. The lowest BCUT2D eigenvalue weighted by molar-refractivity contribution is -0.116. The zero-order valence-electron chi connectivity index (χ0n) is 12.1. The number of carbonyl (C=O) groups is 1. The van der Waals surface area contributed by atoms with Gasteiger partial charge in [-0.1, -0.05) is 12.1 Å². The SMILES string of the molecule is Cc1nc2ccccc2n1CC(=O)Nc1ccc(C#N)cc1. The van der Waals surface area contributed by atoms with E-state index < -0.39 is 0 Å². The Kier molecular flexibility index (Phi) is 3.58. The van der Waals surface area contributed by atoms with Crippen LogP contribution >= 0.6 is 0 Å². The number of amides is 1. The van der Waals surface area contributed by atoms with E-state index in [1.807, 2.05) is 41.8 Å². The fraction of sp³-hybridized carbons (Fsp3) is 0.118. The minimum atomic E-state index is -0.129. The number of hydrogen-bond acceptors (Lipinski definition) is 3. The second-order valence-corrected chi connectivity index (χ2v) is 4.97. The lowest BCUT2D eigenvalue weighted by Crippen LogP contribution is -2.19. The summed E-state index contributed by atoms with van der Waals surface area (Å²) in [7, 11) is 0. The number of nitrogens with one attached hydrogen (secondary N) is 1. The van der Waals surface area contributed by atoms with E-state index in [-0.39, 0.29) is 12.5 Å². The molecule has 3 aromatic rings. The van der Waals surface area contributed by atoms with Crippen LogP contribution in [-0.2, 0) is 11.3 Å². The Morgan fingerprint density at radius 2 is 1.95 bits per heavy atom. The Labute approximate surface area is 127 Å². The van der Waals surface area contributed by atoms with E-state index in [1.165, 1.54) is 0 Å². The van der Waals surface area contributed by atoms with E-state index in [1.54, 1.807) is 24.3 Å². The third kappa shape index (κ3) is 2.67. The van der Waals surface area contributed by atoms with Crippen molar-refractivity contribution in [3.8, 4) is 6.07 Å². The van der Waals surface area contributed by atoms with Gasteiger partial charge in [-0.2, -0.15) is 5.26 Å². The number of imidazole rings is 1. The number of nitriles is 1. The molecule has 0 unspecified atom stereocenters. The van der Waals surface area contributed by atoms with Crippen molar-refractivity contribution >= 4 is 22.6 Å². The number of aryl methyl sites for hydroxylation is 1. The van der Waals surface area contributed by atoms with Gasteiger partial charge in [-0.25, -0.2) is 4.98 Å². The molecule has 1 N–H and O–H groups in total. The van der Waals surface area contributed by atoms with E-state index >= 15 is 0 Å². The monoisotopic (exact) mass is 290 g/mol. The highest BCUT2D eigenvalue weighted by Gasteiger charge is 2.10. The topological polar surface area (TPSA) is 70.7 Å². The predicted octanol–water partition coefficient (Wildman–Crippen LogP) is 2.86. The molecule has 0 aliphatic rings. The molecule has 0 bridgehead atoms. The molecule has 0 atom stereocenters. The third-order valence-corrected chi connectivity index (χ3v) is 3.44. The highest BCUT2D eigenvalue weighted by atomic mass is 16.1. The van der Waals surface area contributed by atoms with Crippen LogP contribution in [0.1, 0.15) is 11.4 Å². The summed E-state index contributed by atoms with van der Waals surface area (Å²) < 4.78 is 1.88. The maximum absolute atomic E-state index is 12.2. The van der Waals surface area contributed by atoms with E-state index in [2.05, 4.69) is 10.3 Å². The van der Waals surface area contributed by atoms with Crippen LogP contribution in [0.4, 0.5) is 5.69 Å². The molecule has 5 nitrogen and oxygen atoms in total. The highest BCUT2D eigenvalue weighted by molar-refractivity contribution is 5.91. The molecule has 0 saturated heterocycles. The summed E-state index contributed by atoms with van der Waals surface area (Å²) in [6, 6.07) is 16.6. The number of hydrogen-bond donors (Lipinski definition) is 1. The van der Waals surface area contributed by atoms with Gasteiger partial charge >= 0.3 is 0 Å². The Morgan fingerprint density at radius 1 is 1.23 bits per heavy atom. The molecule has 1 amide bonds. The molecular weight excluding hydrogens is 276 g/mol. The molecule has 0 aliphatic carbocycles. The van der Waals surface area contributed by atoms with Crippen molar-refractivity contribution in [1.29, 1.82) is 5.26 Å². The Bertz CT molecular complexity index is 872. The van der Waals surface area contributed by atoms with Crippen molar-refractivity contribution in [2.75, 3.05) is 5.32 Å². The summed E-state index contributed by atoms with van der Waals surface area (Å²) >= 11 is 0. The minimum absolute atomic E-state index is 0.129. The minimum Gasteiger partial charge on any atom is -0.325 e. The molecule has 0 aliphatic heterocycles. The molecule has 22 heavy (non-hydrogen) atoms. The van der Waals surface area contributed by atoms with E-state index in [9.17, 15) is 4.79 Å². The van der Waals surface area contributed by atoms with Crippen LogP contribution in [0.3, 0.4) is 0 Å². The van der Waals surface area contributed by atoms with Gasteiger partial charge in [0, 0.05) is 5.69 Å². The zero-order valence-corrected chi connectivity index (χ0v) is 12.1. The fourth-order valence-corrected chi connectivity index (χ4v) is 2.37. The molecule has 0 fully saturated rings. The van der Waals surface area contributed by atoms with Gasteiger partial charge in [0.25, 0.3) is 0 Å². The first-order valence-electron chi connectivity index (χ1n) is 6.89. The summed E-state index contributed by atoms with van der Waals surface area (Å²) in [5, 5.41) is 11.6. The molecule has 5 heteroatoms. The number of carbonyl (C=O) groups excluding carboxylic acids is 1. The standard InChI is InChI=1S/C17H14N4O/c1-12-19-15-4-2-3-5-16(15)21(12)11-17(22)20-14-8-6-13(10-18)7-9-14/h2-9H,11H2,1H3,(H,20,22). The molecule has 2 aromatic carbocycles. The average molecular weight is 290 g/mol. The van der Waals surface area contributed by atoms with Gasteiger partial charge in [0.05, 0.1) is 22.7 Å². The van der Waals surface area contributed by atoms with Gasteiger partial charge in [-0.15, -0.1) is 0 Å². The van der Waals surface area contributed by atoms with Gasteiger partial charge in [-0.3, -0.25) is 4.79 Å². The van der Waals surface area contributed by atoms with E-state index in [0.29, 0.717) is 11.3 Å². The zero-order chi connectivity index (χ0) is 15.5. The molecule has 108 valence electrons. The van der Waals surface area contributed by atoms with Crippen LogP contribution in [0, 0.1) is 18.3 Å². The lowest BCUT2D eigenvalue weighted by atomic mass is 10.2. The van der Waals surface area contributed by atoms with Crippen molar-refractivity contribution in [2.45, 2.75) is 13.5 Å². The average Bonchev–Trinajstić information content (AvgIpc) is 2.84. The number of anilines is 1. The van der Waals surface area contributed by atoms with Gasteiger partial charge in [0.15, 0.2) is 0 Å². The van der Waals surface area contributed by atoms with Crippen molar-refractivity contribution in [3.63, 3.8) is 0 Å². The van der Waals surface area contributed by atoms with Crippen LogP contribution < -0.4 is 5.32 Å². The molecule has 0 radical (unpaired) electrons. The first kappa shape index (κ1) is 13.8. The van der Waals surface area contributed by atoms with Crippen molar-refractivity contribution in [3.05, 3.63) is 59.9 Å². The Hall–Kier alpha value is -3.13. The summed E-state index contributed by atoms with van der Waals surface area (Å²) in [4.78, 5) is 16.6. The first-order chi connectivity index (χ1) is 10.7.